The monoisotopic (exact) mass is 276 g/mol. The Morgan fingerprint density at radius 1 is 1.25 bits per heavy atom. The third-order valence-electron chi connectivity index (χ3n) is 4.33. The van der Waals surface area contributed by atoms with E-state index in [0.29, 0.717) is 18.2 Å². The predicted molar refractivity (Wildman–Crippen MR) is 83.9 cm³/mol. The van der Waals surface area contributed by atoms with E-state index in [-0.39, 0.29) is 0 Å². The van der Waals surface area contributed by atoms with E-state index in [1.54, 1.807) is 0 Å². The number of nitrogens with one attached hydrogen (secondary N) is 1. The van der Waals surface area contributed by atoms with Crippen molar-refractivity contribution < 1.29 is 4.74 Å². The van der Waals surface area contributed by atoms with E-state index in [2.05, 4.69) is 61.3 Å². The van der Waals surface area contributed by atoms with Crippen molar-refractivity contribution in [3.63, 3.8) is 0 Å². The van der Waals surface area contributed by atoms with E-state index in [4.69, 9.17) is 4.74 Å². The fourth-order valence-corrected chi connectivity index (χ4v) is 2.89. The molecule has 3 atom stereocenters. The summed E-state index contributed by atoms with van der Waals surface area (Å²) in [6, 6.07) is 11.6. The molecule has 1 heterocycles. The SMILES string of the molecule is CCN(CC)C[C@H](N[C@@H]1CCO[C@@H]1C)c1ccccc1. The first-order chi connectivity index (χ1) is 9.74. The zero-order valence-corrected chi connectivity index (χ0v) is 13.0. The lowest BCUT2D eigenvalue weighted by atomic mass is 10.0. The van der Waals surface area contributed by atoms with Crippen molar-refractivity contribution in [1.29, 1.82) is 0 Å². The number of hydrogen-bond donors (Lipinski definition) is 1. The molecule has 0 spiro atoms. The van der Waals surface area contributed by atoms with E-state index in [9.17, 15) is 0 Å². The molecule has 0 aromatic heterocycles. The molecular formula is C17H28N2O. The Kier molecular flexibility index (Phi) is 6.02. The van der Waals surface area contributed by atoms with Crippen LogP contribution in [0.25, 0.3) is 0 Å². The minimum Gasteiger partial charge on any atom is -0.377 e. The third-order valence-corrected chi connectivity index (χ3v) is 4.33. The lowest BCUT2D eigenvalue weighted by Gasteiger charge is -2.30. The van der Waals surface area contributed by atoms with Gasteiger partial charge in [0.25, 0.3) is 0 Å². The first kappa shape index (κ1) is 15.5. The van der Waals surface area contributed by atoms with E-state index >= 15 is 0 Å². The van der Waals surface area contributed by atoms with E-state index < -0.39 is 0 Å². The zero-order valence-electron chi connectivity index (χ0n) is 13.0. The number of ether oxygens (including phenoxy) is 1. The number of nitrogens with zero attached hydrogens (tertiary/aromatic N) is 1. The van der Waals surface area contributed by atoms with Gasteiger partial charge in [-0.3, -0.25) is 0 Å². The molecule has 20 heavy (non-hydrogen) atoms. The second-order valence-electron chi connectivity index (χ2n) is 5.59. The summed E-state index contributed by atoms with van der Waals surface area (Å²) in [5, 5.41) is 3.81. The highest BCUT2D eigenvalue weighted by molar-refractivity contribution is 5.19. The second kappa shape index (κ2) is 7.77. The normalized spacial score (nSPS) is 24.2. The first-order valence-corrected chi connectivity index (χ1v) is 7.89. The molecule has 1 fully saturated rings. The molecule has 0 radical (unpaired) electrons. The standard InChI is InChI=1S/C17H28N2O/c1-4-19(5-2)13-17(15-9-7-6-8-10-15)18-16-11-12-20-14(16)3/h6-10,14,16-18H,4-5,11-13H2,1-3H3/t14-,16-,17+/m1/s1. The summed E-state index contributed by atoms with van der Waals surface area (Å²) in [6.45, 7) is 10.8. The molecule has 0 unspecified atom stereocenters. The largest absolute Gasteiger partial charge is 0.377 e. The Morgan fingerprint density at radius 3 is 2.50 bits per heavy atom. The van der Waals surface area contributed by atoms with Crippen molar-refractivity contribution in [2.24, 2.45) is 0 Å². The van der Waals surface area contributed by atoms with Crippen LogP contribution in [0.2, 0.25) is 0 Å². The van der Waals surface area contributed by atoms with Crippen LogP contribution in [-0.4, -0.2) is 43.3 Å². The van der Waals surface area contributed by atoms with Gasteiger partial charge in [-0.25, -0.2) is 0 Å². The van der Waals surface area contributed by atoms with Gasteiger partial charge in [0.1, 0.15) is 0 Å². The van der Waals surface area contributed by atoms with Gasteiger partial charge in [-0.2, -0.15) is 0 Å². The van der Waals surface area contributed by atoms with Crippen molar-refractivity contribution in [2.45, 2.75) is 45.4 Å². The molecule has 0 bridgehead atoms. The van der Waals surface area contributed by atoms with E-state index in [1.807, 2.05) is 0 Å². The molecule has 0 aliphatic carbocycles. The van der Waals surface area contributed by atoms with Crippen LogP contribution in [0.3, 0.4) is 0 Å². The van der Waals surface area contributed by atoms with Crippen LogP contribution in [-0.2, 0) is 4.74 Å². The Bertz CT molecular complexity index is 378. The van der Waals surface area contributed by atoms with Crippen LogP contribution in [0.4, 0.5) is 0 Å². The highest BCUT2D eigenvalue weighted by Gasteiger charge is 2.27. The Hall–Kier alpha value is -0.900. The van der Waals surface area contributed by atoms with E-state index in [0.717, 1.165) is 32.7 Å². The molecule has 3 nitrogen and oxygen atoms in total. The summed E-state index contributed by atoms with van der Waals surface area (Å²) in [5.74, 6) is 0. The third kappa shape index (κ3) is 4.05. The summed E-state index contributed by atoms with van der Waals surface area (Å²) in [4.78, 5) is 2.48. The maximum atomic E-state index is 5.68. The molecule has 1 aromatic rings. The molecule has 3 heteroatoms. The lowest BCUT2D eigenvalue weighted by molar-refractivity contribution is 0.109. The van der Waals surface area contributed by atoms with Gasteiger partial charge >= 0.3 is 0 Å². The molecule has 2 rings (SSSR count). The minimum atomic E-state index is 0.318. The molecule has 1 N–H and O–H groups in total. The van der Waals surface area contributed by atoms with Crippen LogP contribution in [0, 0.1) is 0 Å². The number of hydrogen-bond acceptors (Lipinski definition) is 3. The smallest absolute Gasteiger partial charge is 0.0700 e. The molecule has 1 aromatic carbocycles. The average molecular weight is 276 g/mol. The van der Waals surface area contributed by atoms with Gasteiger partial charge in [0.15, 0.2) is 0 Å². The van der Waals surface area contributed by atoms with Crippen LogP contribution in [0.5, 0.6) is 0 Å². The van der Waals surface area contributed by atoms with Gasteiger partial charge in [-0.05, 0) is 32.0 Å². The van der Waals surface area contributed by atoms with Crippen LogP contribution in [0.1, 0.15) is 38.8 Å². The maximum Gasteiger partial charge on any atom is 0.0700 e. The summed E-state index contributed by atoms with van der Waals surface area (Å²) in [6.07, 6.45) is 1.43. The Morgan fingerprint density at radius 2 is 1.95 bits per heavy atom. The quantitative estimate of drug-likeness (QED) is 0.829. The van der Waals surface area contributed by atoms with Crippen molar-refractivity contribution >= 4 is 0 Å². The van der Waals surface area contributed by atoms with Gasteiger partial charge in [-0.15, -0.1) is 0 Å². The number of rotatable bonds is 7. The predicted octanol–water partition coefficient (Wildman–Crippen LogP) is 2.84. The molecule has 1 aliphatic rings. The van der Waals surface area contributed by atoms with Crippen molar-refractivity contribution in [2.75, 3.05) is 26.2 Å². The summed E-state index contributed by atoms with van der Waals surface area (Å²) < 4.78 is 5.68. The van der Waals surface area contributed by atoms with Crippen LogP contribution in [0.15, 0.2) is 30.3 Å². The van der Waals surface area contributed by atoms with Gasteiger partial charge < -0.3 is 15.0 Å². The Balaban J connectivity index is 2.07. The zero-order chi connectivity index (χ0) is 14.4. The number of likely N-dealkylation sites (N-methyl/N-ethyl adjacent to an activating group) is 1. The van der Waals surface area contributed by atoms with Gasteiger partial charge in [-0.1, -0.05) is 44.2 Å². The molecule has 0 amide bonds. The number of benzene rings is 1. The Labute approximate surface area is 123 Å². The second-order valence-corrected chi connectivity index (χ2v) is 5.59. The average Bonchev–Trinajstić information content (AvgIpc) is 2.89. The highest BCUT2D eigenvalue weighted by atomic mass is 16.5. The fourth-order valence-electron chi connectivity index (χ4n) is 2.89. The molecular weight excluding hydrogens is 248 g/mol. The topological polar surface area (TPSA) is 24.5 Å². The lowest BCUT2D eigenvalue weighted by Crippen LogP contribution is -2.42. The molecule has 1 saturated heterocycles. The van der Waals surface area contributed by atoms with Gasteiger partial charge in [0, 0.05) is 25.2 Å². The van der Waals surface area contributed by atoms with Gasteiger partial charge in [0.05, 0.1) is 6.10 Å². The molecule has 112 valence electrons. The molecule has 0 saturated carbocycles. The first-order valence-electron chi connectivity index (χ1n) is 7.89. The van der Waals surface area contributed by atoms with E-state index in [1.165, 1.54) is 5.56 Å². The van der Waals surface area contributed by atoms with Crippen LogP contribution < -0.4 is 5.32 Å². The van der Waals surface area contributed by atoms with Crippen molar-refractivity contribution in [3.05, 3.63) is 35.9 Å². The highest BCUT2D eigenvalue weighted by Crippen LogP contribution is 2.20. The molecule has 1 aliphatic heterocycles. The summed E-state index contributed by atoms with van der Waals surface area (Å²) in [5.41, 5.74) is 1.37. The van der Waals surface area contributed by atoms with Crippen molar-refractivity contribution in [3.8, 4) is 0 Å². The van der Waals surface area contributed by atoms with Crippen molar-refractivity contribution in [1.82, 2.24) is 10.2 Å². The maximum absolute atomic E-state index is 5.68. The summed E-state index contributed by atoms with van der Waals surface area (Å²) >= 11 is 0. The fraction of sp³-hybridized carbons (Fsp3) is 0.647. The minimum absolute atomic E-state index is 0.318. The van der Waals surface area contributed by atoms with Crippen LogP contribution >= 0.6 is 0 Å². The van der Waals surface area contributed by atoms with Gasteiger partial charge in [0.2, 0.25) is 0 Å². The summed E-state index contributed by atoms with van der Waals surface area (Å²) in [7, 11) is 0.